The summed E-state index contributed by atoms with van der Waals surface area (Å²) in [6.45, 7) is 17.0. The van der Waals surface area contributed by atoms with E-state index in [4.69, 9.17) is 18.9 Å². The number of benzene rings is 2. The number of nitrogens with zero attached hydrogens (tertiary/aromatic N) is 2. The lowest BCUT2D eigenvalue weighted by molar-refractivity contribution is -0.312. The lowest BCUT2D eigenvalue weighted by Crippen LogP contribution is -2.83. The Morgan fingerprint density at radius 1 is 0.615 bits per heavy atom. The number of piperidine rings is 2. The van der Waals surface area contributed by atoms with Crippen LogP contribution in [-0.2, 0) is 33.1 Å². The summed E-state index contributed by atoms with van der Waals surface area (Å²) in [4.78, 5) is 5.63. The van der Waals surface area contributed by atoms with Crippen LogP contribution in [0.5, 0.6) is 23.0 Å². The highest BCUT2D eigenvalue weighted by Crippen LogP contribution is 2.80. The van der Waals surface area contributed by atoms with Crippen LogP contribution in [0.15, 0.2) is 24.3 Å². The Morgan fingerprint density at radius 2 is 1.05 bits per heavy atom. The van der Waals surface area contributed by atoms with Crippen molar-refractivity contribution in [3.8, 4) is 23.0 Å². The lowest BCUT2D eigenvalue weighted by Gasteiger charge is -2.75. The Hall–Kier alpha value is -2.60. The van der Waals surface area contributed by atoms with E-state index in [1.54, 1.807) is 0 Å². The number of fused-ring (bicyclic) bond motifs is 4. The summed E-state index contributed by atoms with van der Waals surface area (Å²) in [5, 5.41) is 45.4. The minimum Gasteiger partial charge on any atom is -0.504 e. The van der Waals surface area contributed by atoms with Crippen molar-refractivity contribution in [3.05, 3.63) is 46.5 Å². The Morgan fingerprint density at radius 3 is 1.45 bits per heavy atom. The molecule has 4 N–H and O–H groups in total. The molecule has 2 aromatic carbocycles. The fourth-order valence-corrected chi connectivity index (χ4v) is 18.8. The summed E-state index contributed by atoms with van der Waals surface area (Å²) in [6.07, 6.45) is 15.4. The van der Waals surface area contributed by atoms with Gasteiger partial charge in [-0.2, -0.15) is 0 Å². The average Bonchev–Trinajstić information content (AvgIpc) is 4.20. The number of aromatic hydroxyl groups is 2. The number of hydrogen-bond donors (Lipinski definition) is 4. The van der Waals surface area contributed by atoms with Crippen molar-refractivity contribution in [1.29, 1.82) is 0 Å². The molecule has 0 amide bonds. The molecule has 8 bridgehead atoms. The zero-order valence-electron chi connectivity index (χ0n) is 40.5. The van der Waals surface area contributed by atoms with Gasteiger partial charge in [0, 0.05) is 84.0 Å². The van der Waals surface area contributed by atoms with E-state index in [0.29, 0.717) is 23.6 Å². The molecule has 10 aliphatic carbocycles. The van der Waals surface area contributed by atoms with Gasteiger partial charge < -0.3 is 39.4 Å². The molecule has 2 saturated heterocycles. The number of hydrogen-bond acceptors (Lipinski definition) is 10. The van der Waals surface area contributed by atoms with Gasteiger partial charge in [-0.1, -0.05) is 32.9 Å². The van der Waals surface area contributed by atoms with Crippen molar-refractivity contribution >= 4 is 0 Å². The number of phenols is 2. The molecule has 2 aromatic rings. The molecule has 1 unspecified atom stereocenters. The van der Waals surface area contributed by atoms with E-state index in [0.717, 1.165) is 89.1 Å². The second-order valence-electron chi connectivity index (χ2n) is 25.8. The van der Waals surface area contributed by atoms with E-state index in [2.05, 4.69) is 42.7 Å². The second kappa shape index (κ2) is 13.0. The largest absolute Gasteiger partial charge is 0.504 e. The minimum atomic E-state index is -0.909. The Kier molecular flexibility index (Phi) is 8.48. The predicted molar refractivity (Wildman–Crippen MR) is 247 cm³/mol. The van der Waals surface area contributed by atoms with Crippen LogP contribution < -0.4 is 9.47 Å². The Balaban J connectivity index is 0.000000131. The maximum Gasteiger partial charge on any atom is 0.165 e. The summed E-state index contributed by atoms with van der Waals surface area (Å²) in [5.74, 6) is 3.66. The fourth-order valence-electron chi connectivity index (χ4n) is 18.8. The van der Waals surface area contributed by atoms with Gasteiger partial charge in [0.2, 0.25) is 0 Å². The first kappa shape index (κ1) is 42.5. The third-order valence-electron chi connectivity index (χ3n) is 22.4. The smallest absolute Gasteiger partial charge is 0.165 e. The second-order valence-corrected chi connectivity index (χ2v) is 25.8. The van der Waals surface area contributed by atoms with E-state index >= 15 is 0 Å². The molecule has 16 rings (SSSR count). The van der Waals surface area contributed by atoms with Crippen LogP contribution >= 0.6 is 0 Å². The molecule has 8 saturated carbocycles. The molecule has 0 radical (unpaired) electrons. The van der Waals surface area contributed by atoms with Crippen LogP contribution in [-0.4, -0.2) is 117 Å². The van der Waals surface area contributed by atoms with E-state index in [-0.39, 0.29) is 62.6 Å². The third kappa shape index (κ3) is 4.89. The zero-order chi connectivity index (χ0) is 45.3. The maximum atomic E-state index is 12.2. The monoisotopic (exact) mass is 893 g/mol. The average molecular weight is 893 g/mol. The van der Waals surface area contributed by atoms with Crippen molar-refractivity contribution in [3.63, 3.8) is 0 Å². The van der Waals surface area contributed by atoms with Gasteiger partial charge in [0.15, 0.2) is 23.0 Å². The molecule has 4 aliphatic heterocycles. The number of likely N-dealkylation sites (tertiary alicyclic amines) is 2. The predicted octanol–water partition coefficient (Wildman–Crippen LogP) is 7.80. The van der Waals surface area contributed by atoms with E-state index in [1.807, 2.05) is 47.1 Å². The molecule has 354 valence electrons. The topological polar surface area (TPSA) is 124 Å². The highest BCUT2D eigenvalue weighted by atomic mass is 16.6. The van der Waals surface area contributed by atoms with Gasteiger partial charge in [-0.3, -0.25) is 9.80 Å². The maximum absolute atomic E-state index is 12.2. The number of methoxy groups -OCH3 is 2. The zero-order valence-corrected chi connectivity index (χ0v) is 40.5. The molecule has 10 nitrogen and oxygen atoms in total. The Bertz CT molecular complexity index is 2350. The minimum absolute atomic E-state index is 0.0123. The number of ether oxygens (including phenoxy) is 4. The van der Waals surface area contributed by atoms with Gasteiger partial charge in [-0.25, -0.2) is 0 Å². The van der Waals surface area contributed by atoms with Gasteiger partial charge in [-0.05, 0) is 164 Å². The summed E-state index contributed by atoms with van der Waals surface area (Å²) in [6, 6.07) is 8.92. The molecule has 10 heteroatoms. The molecular weight excluding hydrogens is 817 g/mol. The van der Waals surface area contributed by atoms with E-state index in [9.17, 15) is 20.4 Å². The normalized spacial score (nSPS) is 44.3. The van der Waals surface area contributed by atoms with Crippen LogP contribution in [0.1, 0.15) is 141 Å². The number of aliphatic hydroxyl groups is 2. The van der Waals surface area contributed by atoms with Crippen LogP contribution in [0.25, 0.3) is 0 Å². The summed E-state index contributed by atoms with van der Waals surface area (Å²) < 4.78 is 26.6. The standard InChI is InChI=1S/C29H41NO4.C26H35NO4/c1-25(2,3)26(4,32)20-15-27-10-11-29(20,33-5)24-28(27)12-13-30(16-17-6-7-17)21(27)14-18-8-9-19(31)23(34-24)22(18)28;1-23(2,29)18-13-24-8-9-26(18,30-3)22-25(24)10-11-27(14-15-4-5-15)19(24)12-16-6-7-17(28)21(31-22)20(16)25/h8-9,17,20-21,24,31-32H,6-7,10-16H2,1-5H3;6-7,15,18-19,22,28-29H,4-5,8-14H2,1-3H3/t20-,21-,24-,26?,27-,28+,29-;18-,19-,22-,24-,25+,26-/m11/s1. The third-order valence-corrected chi connectivity index (χ3v) is 22.4. The first-order valence-electron chi connectivity index (χ1n) is 25.9. The summed E-state index contributed by atoms with van der Waals surface area (Å²) in [7, 11) is 3.64. The van der Waals surface area contributed by atoms with Crippen molar-refractivity contribution in [1.82, 2.24) is 9.80 Å². The SMILES string of the molecule is CO[C@]12CC[C@@]3(C[C@@H]1C(C)(C)O)[C@H]1Cc4ccc(O)c5c4[C@@]3(CCN1CC1CC1)[C@H]2O5.CO[C@]12CC[C@@]3(C[C@@H]1C(C)(O)C(C)(C)C)[C@H]1Cc4ccc(O)c5c4[C@@]3(CCN1CC1CC1)[C@H]2O5. The summed E-state index contributed by atoms with van der Waals surface area (Å²) in [5.41, 5.74) is 2.02. The molecule has 13 atom stereocenters. The molecular formula is C55H76N2O8. The van der Waals surface area contributed by atoms with Crippen LogP contribution in [0.3, 0.4) is 0 Å². The van der Waals surface area contributed by atoms with Crippen molar-refractivity contribution < 1.29 is 39.4 Å². The molecule has 65 heavy (non-hydrogen) atoms. The first-order valence-corrected chi connectivity index (χ1v) is 25.9. The molecule has 4 spiro atoms. The van der Waals surface area contributed by atoms with Crippen LogP contribution in [0.4, 0.5) is 0 Å². The first-order chi connectivity index (χ1) is 30.8. The van der Waals surface area contributed by atoms with Gasteiger partial charge in [0.25, 0.3) is 0 Å². The van der Waals surface area contributed by atoms with Gasteiger partial charge in [-0.15, -0.1) is 0 Å². The highest BCUT2D eigenvalue weighted by molar-refractivity contribution is 5.65. The molecule has 14 aliphatic rings. The molecule has 10 fully saturated rings. The number of rotatable bonds is 8. The van der Waals surface area contributed by atoms with E-state index in [1.165, 1.54) is 61.0 Å². The lowest BCUT2D eigenvalue weighted by atomic mass is 9.33. The van der Waals surface area contributed by atoms with Crippen LogP contribution in [0.2, 0.25) is 0 Å². The summed E-state index contributed by atoms with van der Waals surface area (Å²) >= 11 is 0. The molecule has 0 aromatic heterocycles. The van der Waals surface area contributed by atoms with Crippen molar-refractivity contribution in [2.75, 3.05) is 40.4 Å². The Labute approximate surface area is 386 Å². The van der Waals surface area contributed by atoms with Gasteiger partial charge in [0.05, 0.1) is 11.2 Å². The van der Waals surface area contributed by atoms with Gasteiger partial charge in [0.1, 0.15) is 23.4 Å². The van der Waals surface area contributed by atoms with Crippen molar-refractivity contribution in [2.45, 2.75) is 189 Å². The molecule has 4 heterocycles. The fraction of sp³-hybridized carbons (Fsp3) is 0.782. The highest BCUT2D eigenvalue weighted by Gasteiger charge is 2.84. The van der Waals surface area contributed by atoms with Crippen molar-refractivity contribution in [2.24, 2.45) is 39.9 Å². The van der Waals surface area contributed by atoms with E-state index < -0.39 is 22.4 Å². The van der Waals surface area contributed by atoms with Crippen LogP contribution in [0, 0.1) is 39.9 Å². The number of phenolic OH excluding ortho intramolecular Hbond substituents is 2. The van der Waals surface area contributed by atoms with Gasteiger partial charge >= 0.3 is 0 Å². The quantitative estimate of drug-likeness (QED) is 0.209.